The molecule has 0 aliphatic carbocycles. The van der Waals surface area contributed by atoms with Crippen molar-refractivity contribution in [2.24, 2.45) is 5.73 Å². The van der Waals surface area contributed by atoms with Gasteiger partial charge in [0.15, 0.2) is 0 Å². The molecule has 1 aromatic rings. The molecule has 0 spiro atoms. The number of aromatic nitrogens is 1. The Kier molecular flexibility index (Phi) is 3.18. The number of nitrogens with zero attached hydrogens (tertiary/aromatic N) is 1. The van der Waals surface area contributed by atoms with E-state index in [4.69, 9.17) is 15.2 Å². The van der Waals surface area contributed by atoms with E-state index >= 15 is 0 Å². The van der Waals surface area contributed by atoms with Crippen LogP contribution in [-0.2, 0) is 4.74 Å². The SMILES string of the molecule is CC(N)c1ccc(OC2CCOC2)nc1. The fourth-order valence-electron chi connectivity index (χ4n) is 1.51. The zero-order valence-corrected chi connectivity index (χ0v) is 8.85. The molecule has 15 heavy (non-hydrogen) atoms. The van der Waals surface area contributed by atoms with E-state index in [2.05, 4.69) is 4.98 Å². The summed E-state index contributed by atoms with van der Waals surface area (Å²) in [6.07, 6.45) is 2.85. The highest BCUT2D eigenvalue weighted by molar-refractivity contribution is 5.20. The second-order valence-corrected chi connectivity index (χ2v) is 3.82. The Morgan fingerprint density at radius 1 is 1.60 bits per heavy atom. The van der Waals surface area contributed by atoms with Gasteiger partial charge in [-0.1, -0.05) is 6.07 Å². The van der Waals surface area contributed by atoms with E-state index in [1.165, 1.54) is 0 Å². The monoisotopic (exact) mass is 208 g/mol. The number of hydrogen-bond donors (Lipinski definition) is 1. The molecule has 2 N–H and O–H groups in total. The molecule has 1 saturated heterocycles. The van der Waals surface area contributed by atoms with E-state index in [1.807, 2.05) is 19.1 Å². The van der Waals surface area contributed by atoms with E-state index in [9.17, 15) is 0 Å². The Morgan fingerprint density at radius 2 is 2.47 bits per heavy atom. The molecule has 4 nitrogen and oxygen atoms in total. The third-order valence-electron chi connectivity index (χ3n) is 2.46. The van der Waals surface area contributed by atoms with Crippen LogP contribution >= 0.6 is 0 Å². The molecule has 0 amide bonds. The van der Waals surface area contributed by atoms with Crippen molar-refractivity contribution < 1.29 is 9.47 Å². The van der Waals surface area contributed by atoms with Crippen LogP contribution in [0.25, 0.3) is 0 Å². The topological polar surface area (TPSA) is 57.4 Å². The van der Waals surface area contributed by atoms with Gasteiger partial charge in [-0.3, -0.25) is 0 Å². The highest BCUT2D eigenvalue weighted by atomic mass is 16.5. The summed E-state index contributed by atoms with van der Waals surface area (Å²) in [4.78, 5) is 4.21. The molecule has 1 aliphatic rings. The Labute approximate surface area is 89.4 Å². The van der Waals surface area contributed by atoms with Crippen molar-refractivity contribution in [3.8, 4) is 5.88 Å². The molecule has 2 atom stereocenters. The van der Waals surface area contributed by atoms with Crippen LogP contribution in [0.2, 0.25) is 0 Å². The van der Waals surface area contributed by atoms with Crippen molar-refractivity contribution in [3.05, 3.63) is 23.9 Å². The third kappa shape index (κ3) is 2.67. The van der Waals surface area contributed by atoms with Gasteiger partial charge in [-0.15, -0.1) is 0 Å². The molecule has 2 rings (SSSR count). The second-order valence-electron chi connectivity index (χ2n) is 3.82. The van der Waals surface area contributed by atoms with E-state index in [-0.39, 0.29) is 12.1 Å². The first-order valence-corrected chi connectivity index (χ1v) is 5.21. The zero-order valence-electron chi connectivity index (χ0n) is 8.85. The summed E-state index contributed by atoms with van der Waals surface area (Å²) in [5.74, 6) is 0.648. The summed E-state index contributed by atoms with van der Waals surface area (Å²) in [6, 6.07) is 3.82. The standard InChI is InChI=1S/C11H16N2O2/c1-8(12)9-2-3-11(13-6-9)15-10-4-5-14-7-10/h2-3,6,8,10H,4-5,7,12H2,1H3. The first-order chi connectivity index (χ1) is 7.25. The van der Waals surface area contributed by atoms with Gasteiger partial charge < -0.3 is 15.2 Å². The summed E-state index contributed by atoms with van der Waals surface area (Å²) in [5, 5.41) is 0. The first kappa shape index (κ1) is 10.4. The smallest absolute Gasteiger partial charge is 0.213 e. The van der Waals surface area contributed by atoms with Gasteiger partial charge in [0.1, 0.15) is 6.10 Å². The van der Waals surface area contributed by atoms with Crippen molar-refractivity contribution in [2.45, 2.75) is 25.5 Å². The average molecular weight is 208 g/mol. The lowest BCUT2D eigenvalue weighted by molar-refractivity contribution is 0.138. The largest absolute Gasteiger partial charge is 0.472 e. The van der Waals surface area contributed by atoms with Crippen LogP contribution in [0.3, 0.4) is 0 Å². The minimum atomic E-state index is 0.0152. The Bertz CT molecular complexity index is 305. The summed E-state index contributed by atoms with van der Waals surface area (Å²) in [7, 11) is 0. The molecular formula is C11H16N2O2. The lowest BCUT2D eigenvalue weighted by Gasteiger charge is -2.11. The second kappa shape index (κ2) is 4.59. The lowest BCUT2D eigenvalue weighted by atomic mass is 10.2. The normalized spacial score (nSPS) is 22.7. The minimum absolute atomic E-state index is 0.0152. The molecule has 0 aromatic carbocycles. The van der Waals surface area contributed by atoms with Gasteiger partial charge >= 0.3 is 0 Å². The van der Waals surface area contributed by atoms with E-state index < -0.39 is 0 Å². The van der Waals surface area contributed by atoms with E-state index in [1.54, 1.807) is 6.20 Å². The van der Waals surface area contributed by atoms with Crippen molar-refractivity contribution in [1.29, 1.82) is 0 Å². The van der Waals surface area contributed by atoms with Crippen molar-refractivity contribution in [1.82, 2.24) is 4.98 Å². The maximum Gasteiger partial charge on any atom is 0.213 e. The maximum atomic E-state index is 5.73. The molecular weight excluding hydrogens is 192 g/mol. The van der Waals surface area contributed by atoms with Gasteiger partial charge in [-0.2, -0.15) is 0 Å². The fraction of sp³-hybridized carbons (Fsp3) is 0.545. The van der Waals surface area contributed by atoms with Gasteiger partial charge in [0, 0.05) is 24.7 Å². The number of ether oxygens (including phenoxy) is 2. The number of rotatable bonds is 3. The summed E-state index contributed by atoms with van der Waals surface area (Å²) in [6.45, 7) is 3.38. The molecule has 2 unspecified atom stereocenters. The highest BCUT2D eigenvalue weighted by Gasteiger charge is 2.17. The quantitative estimate of drug-likeness (QED) is 0.812. The molecule has 1 fully saturated rings. The van der Waals surface area contributed by atoms with Crippen LogP contribution in [0.4, 0.5) is 0 Å². The maximum absolute atomic E-state index is 5.73. The molecule has 0 bridgehead atoms. The van der Waals surface area contributed by atoms with Crippen LogP contribution in [0.5, 0.6) is 5.88 Å². The molecule has 82 valence electrons. The molecule has 4 heteroatoms. The van der Waals surface area contributed by atoms with Crippen LogP contribution < -0.4 is 10.5 Å². The van der Waals surface area contributed by atoms with E-state index in [0.29, 0.717) is 12.5 Å². The van der Waals surface area contributed by atoms with Gasteiger partial charge in [-0.25, -0.2) is 4.98 Å². The molecule has 0 radical (unpaired) electrons. The van der Waals surface area contributed by atoms with Crippen molar-refractivity contribution >= 4 is 0 Å². The van der Waals surface area contributed by atoms with Gasteiger partial charge in [0.2, 0.25) is 5.88 Å². The minimum Gasteiger partial charge on any atom is -0.472 e. The van der Waals surface area contributed by atoms with Crippen molar-refractivity contribution in [2.75, 3.05) is 13.2 Å². The molecule has 0 saturated carbocycles. The fourth-order valence-corrected chi connectivity index (χ4v) is 1.51. The molecule has 2 heterocycles. The number of pyridine rings is 1. The zero-order chi connectivity index (χ0) is 10.7. The summed E-state index contributed by atoms with van der Waals surface area (Å²) in [5.41, 5.74) is 6.75. The van der Waals surface area contributed by atoms with Crippen molar-refractivity contribution in [3.63, 3.8) is 0 Å². The van der Waals surface area contributed by atoms with Crippen LogP contribution in [0, 0.1) is 0 Å². The Hall–Kier alpha value is -1.13. The third-order valence-corrected chi connectivity index (χ3v) is 2.46. The average Bonchev–Trinajstić information content (AvgIpc) is 2.71. The van der Waals surface area contributed by atoms with Gasteiger partial charge in [0.25, 0.3) is 0 Å². The first-order valence-electron chi connectivity index (χ1n) is 5.21. The predicted octanol–water partition coefficient (Wildman–Crippen LogP) is 1.27. The highest BCUT2D eigenvalue weighted by Crippen LogP contribution is 2.16. The Morgan fingerprint density at radius 3 is 3.00 bits per heavy atom. The van der Waals surface area contributed by atoms with Crippen LogP contribution in [-0.4, -0.2) is 24.3 Å². The Balaban J connectivity index is 1.97. The summed E-state index contributed by atoms with van der Waals surface area (Å²) >= 11 is 0. The van der Waals surface area contributed by atoms with E-state index in [0.717, 1.165) is 18.6 Å². The van der Waals surface area contributed by atoms with Crippen LogP contribution in [0.1, 0.15) is 24.9 Å². The molecule has 1 aliphatic heterocycles. The number of nitrogens with two attached hydrogens (primary N) is 1. The molecule has 1 aromatic heterocycles. The predicted molar refractivity (Wildman–Crippen MR) is 56.7 cm³/mol. The summed E-state index contributed by atoms with van der Waals surface area (Å²) < 4.78 is 10.9. The van der Waals surface area contributed by atoms with Gasteiger partial charge in [0.05, 0.1) is 13.2 Å². The number of hydrogen-bond acceptors (Lipinski definition) is 4. The van der Waals surface area contributed by atoms with Gasteiger partial charge in [-0.05, 0) is 12.5 Å². The van der Waals surface area contributed by atoms with Crippen LogP contribution in [0.15, 0.2) is 18.3 Å². The lowest BCUT2D eigenvalue weighted by Crippen LogP contribution is -2.16.